The molecule has 1 aromatic heterocycles. The largest absolute Gasteiger partial charge is 0.484 e. The Balaban J connectivity index is 1.61. The van der Waals surface area contributed by atoms with E-state index in [9.17, 15) is 4.79 Å². The Morgan fingerprint density at radius 2 is 1.95 bits per heavy atom. The molecule has 0 aliphatic heterocycles. The highest BCUT2D eigenvalue weighted by Crippen LogP contribution is 2.20. The van der Waals surface area contributed by atoms with Gasteiger partial charge in [-0.15, -0.1) is 0 Å². The number of aromatic amines is 1. The number of carbonyl (C=O) groups excluding carboxylic acids is 1. The molecular weight excluding hydrogens is 278 g/mol. The summed E-state index contributed by atoms with van der Waals surface area (Å²) in [4.78, 5) is 11.9. The standard InChI is InChI=1S/C17H15N3O2/c21-17(12-22-15-7-2-1-3-8-15)19-14-6-4-5-13(11-14)16-9-10-18-20-16/h1-11H,12H2,(H,18,20)(H,19,21). The van der Waals surface area contributed by atoms with Crippen LogP contribution in [0.25, 0.3) is 11.3 Å². The maximum atomic E-state index is 11.9. The summed E-state index contributed by atoms with van der Waals surface area (Å²) in [7, 11) is 0. The molecule has 0 unspecified atom stereocenters. The number of para-hydroxylation sites is 1. The number of ether oxygens (including phenoxy) is 1. The molecule has 5 heteroatoms. The normalized spacial score (nSPS) is 10.2. The topological polar surface area (TPSA) is 67.0 Å². The van der Waals surface area contributed by atoms with Gasteiger partial charge in [0.25, 0.3) is 5.91 Å². The fourth-order valence-electron chi connectivity index (χ4n) is 2.04. The fraction of sp³-hybridized carbons (Fsp3) is 0.0588. The lowest BCUT2D eigenvalue weighted by atomic mass is 10.1. The minimum absolute atomic E-state index is 0.0295. The summed E-state index contributed by atoms with van der Waals surface area (Å²) in [6, 6.07) is 18.7. The molecule has 0 aliphatic carbocycles. The van der Waals surface area contributed by atoms with Crippen molar-refractivity contribution >= 4 is 11.6 Å². The Labute approximate surface area is 127 Å². The van der Waals surface area contributed by atoms with E-state index < -0.39 is 0 Å². The van der Waals surface area contributed by atoms with E-state index in [0.717, 1.165) is 11.3 Å². The minimum Gasteiger partial charge on any atom is -0.484 e. The van der Waals surface area contributed by atoms with Crippen LogP contribution in [0.4, 0.5) is 5.69 Å². The zero-order valence-corrected chi connectivity index (χ0v) is 11.8. The molecule has 0 fully saturated rings. The van der Waals surface area contributed by atoms with Crippen molar-refractivity contribution in [1.82, 2.24) is 10.2 Å². The Morgan fingerprint density at radius 3 is 2.73 bits per heavy atom. The van der Waals surface area contributed by atoms with Crippen molar-refractivity contribution in [2.24, 2.45) is 0 Å². The highest BCUT2D eigenvalue weighted by atomic mass is 16.5. The number of anilines is 1. The Kier molecular flexibility index (Phi) is 4.15. The van der Waals surface area contributed by atoms with Crippen molar-refractivity contribution in [3.05, 3.63) is 66.9 Å². The van der Waals surface area contributed by atoms with Gasteiger partial charge in [0.05, 0.1) is 5.69 Å². The molecule has 0 bridgehead atoms. The zero-order valence-electron chi connectivity index (χ0n) is 11.8. The molecule has 110 valence electrons. The van der Waals surface area contributed by atoms with E-state index in [0.29, 0.717) is 11.4 Å². The summed E-state index contributed by atoms with van der Waals surface area (Å²) in [5.74, 6) is 0.467. The second kappa shape index (κ2) is 6.58. The molecule has 1 heterocycles. The van der Waals surface area contributed by atoms with E-state index in [4.69, 9.17) is 4.74 Å². The van der Waals surface area contributed by atoms with Gasteiger partial charge in [-0.2, -0.15) is 5.10 Å². The summed E-state index contributed by atoms with van der Waals surface area (Å²) in [6.45, 7) is -0.0295. The molecule has 0 spiro atoms. The lowest BCUT2D eigenvalue weighted by Gasteiger charge is -2.08. The summed E-state index contributed by atoms with van der Waals surface area (Å²) in [5, 5.41) is 9.63. The summed E-state index contributed by atoms with van der Waals surface area (Å²) in [5.41, 5.74) is 2.57. The number of aromatic nitrogens is 2. The number of rotatable bonds is 5. The highest BCUT2D eigenvalue weighted by molar-refractivity contribution is 5.92. The van der Waals surface area contributed by atoms with Gasteiger partial charge in [0.2, 0.25) is 0 Å². The van der Waals surface area contributed by atoms with Gasteiger partial charge < -0.3 is 10.1 Å². The third-order valence-corrected chi connectivity index (χ3v) is 3.07. The SMILES string of the molecule is O=C(COc1ccccc1)Nc1cccc(-c2ccn[nH]2)c1. The third kappa shape index (κ3) is 3.52. The van der Waals surface area contributed by atoms with Crippen molar-refractivity contribution in [1.29, 1.82) is 0 Å². The predicted octanol–water partition coefficient (Wildman–Crippen LogP) is 3.09. The maximum absolute atomic E-state index is 11.9. The molecule has 0 radical (unpaired) electrons. The van der Waals surface area contributed by atoms with Gasteiger partial charge in [-0.25, -0.2) is 0 Å². The van der Waals surface area contributed by atoms with Gasteiger partial charge in [-0.3, -0.25) is 9.89 Å². The van der Waals surface area contributed by atoms with Crippen LogP contribution >= 0.6 is 0 Å². The van der Waals surface area contributed by atoms with E-state index in [1.165, 1.54) is 0 Å². The van der Waals surface area contributed by atoms with Crippen LogP contribution in [0.1, 0.15) is 0 Å². The number of benzene rings is 2. The number of nitrogens with zero attached hydrogens (tertiary/aromatic N) is 1. The van der Waals surface area contributed by atoms with Crippen LogP contribution in [-0.4, -0.2) is 22.7 Å². The minimum atomic E-state index is -0.203. The monoisotopic (exact) mass is 293 g/mol. The molecule has 22 heavy (non-hydrogen) atoms. The van der Waals surface area contributed by atoms with Crippen molar-refractivity contribution in [2.75, 3.05) is 11.9 Å². The Bertz CT molecular complexity index is 740. The molecule has 0 saturated carbocycles. The van der Waals surface area contributed by atoms with Gasteiger partial charge in [-0.1, -0.05) is 30.3 Å². The van der Waals surface area contributed by atoms with Crippen molar-refractivity contribution < 1.29 is 9.53 Å². The third-order valence-electron chi connectivity index (χ3n) is 3.07. The summed E-state index contributed by atoms with van der Waals surface area (Å²) < 4.78 is 5.41. The van der Waals surface area contributed by atoms with E-state index in [-0.39, 0.29) is 12.5 Å². The second-order valence-corrected chi connectivity index (χ2v) is 4.70. The van der Waals surface area contributed by atoms with Gasteiger partial charge in [0, 0.05) is 17.4 Å². The first-order chi connectivity index (χ1) is 10.8. The number of amides is 1. The van der Waals surface area contributed by atoms with Crippen LogP contribution in [0.2, 0.25) is 0 Å². The number of hydrogen-bond donors (Lipinski definition) is 2. The molecule has 1 amide bonds. The van der Waals surface area contributed by atoms with E-state index in [2.05, 4.69) is 15.5 Å². The first-order valence-corrected chi connectivity index (χ1v) is 6.89. The fourth-order valence-corrected chi connectivity index (χ4v) is 2.04. The van der Waals surface area contributed by atoms with Crippen molar-refractivity contribution in [3.63, 3.8) is 0 Å². The first kappa shape index (κ1) is 13.9. The lowest BCUT2D eigenvalue weighted by Crippen LogP contribution is -2.20. The van der Waals surface area contributed by atoms with Crippen LogP contribution in [0.15, 0.2) is 66.9 Å². The number of carbonyl (C=O) groups is 1. The van der Waals surface area contributed by atoms with Crippen LogP contribution in [0.3, 0.4) is 0 Å². The first-order valence-electron chi connectivity index (χ1n) is 6.89. The molecular formula is C17H15N3O2. The van der Waals surface area contributed by atoms with Gasteiger partial charge in [-0.05, 0) is 30.3 Å². The summed E-state index contributed by atoms with van der Waals surface area (Å²) in [6.07, 6.45) is 1.69. The molecule has 0 aliphatic rings. The van der Waals surface area contributed by atoms with E-state index >= 15 is 0 Å². The molecule has 0 atom stereocenters. The zero-order chi connectivity index (χ0) is 15.2. The van der Waals surface area contributed by atoms with Gasteiger partial charge in [0.15, 0.2) is 6.61 Å². The van der Waals surface area contributed by atoms with Gasteiger partial charge in [0.1, 0.15) is 5.75 Å². The van der Waals surface area contributed by atoms with E-state index in [1.807, 2.05) is 60.7 Å². The van der Waals surface area contributed by atoms with Crippen molar-refractivity contribution in [2.45, 2.75) is 0 Å². The maximum Gasteiger partial charge on any atom is 0.262 e. The lowest BCUT2D eigenvalue weighted by molar-refractivity contribution is -0.118. The molecule has 3 rings (SSSR count). The molecule has 5 nitrogen and oxygen atoms in total. The van der Waals surface area contributed by atoms with Crippen LogP contribution in [-0.2, 0) is 4.79 Å². The average molecular weight is 293 g/mol. The highest BCUT2D eigenvalue weighted by Gasteiger charge is 2.05. The number of nitrogens with one attached hydrogen (secondary N) is 2. The molecule has 2 N–H and O–H groups in total. The second-order valence-electron chi connectivity index (χ2n) is 4.70. The smallest absolute Gasteiger partial charge is 0.262 e. The van der Waals surface area contributed by atoms with Gasteiger partial charge >= 0.3 is 0 Å². The number of H-pyrrole nitrogens is 1. The average Bonchev–Trinajstić information content (AvgIpc) is 3.09. The summed E-state index contributed by atoms with van der Waals surface area (Å²) >= 11 is 0. The van der Waals surface area contributed by atoms with E-state index in [1.54, 1.807) is 6.20 Å². The Hall–Kier alpha value is -3.08. The van der Waals surface area contributed by atoms with Crippen LogP contribution < -0.4 is 10.1 Å². The van der Waals surface area contributed by atoms with Crippen LogP contribution in [0, 0.1) is 0 Å². The Morgan fingerprint density at radius 1 is 1.09 bits per heavy atom. The molecule has 2 aromatic carbocycles. The number of hydrogen-bond acceptors (Lipinski definition) is 3. The quantitative estimate of drug-likeness (QED) is 0.759. The van der Waals surface area contributed by atoms with Crippen molar-refractivity contribution in [3.8, 4) is 17.0 Å². The molecule has 0 saturated heterocycles. The van der Waals surface area contributed by atoms with Crippen LogP contribution in [0.5, 0.6) is 5.75 Å². The predicted molar refractivity (Wildman–Crippen MR) is 84.6 cm³/mol. The molecule has 3 aromatic rings.